The highest BCUT2D eigenvalue weighted by molar-refractivity contribution is 6.32. The van der Waals surface area contributed by atoms with E-state index in [0.717, 1.165) is 6.07 Å². The second-order valence-corrected chi connectivity index (χ2v) is 5.32. The van der Waals surface area contributed by atoms with Crippen molar-refractivity contribution in [3.63, 3.8) is 0 Å². The van der Waals surface area contributed by atoms with E-state index in [1.165, 1.54) is 12.1 Å². The van der Waals surface area contributed by atoms with Gasteiger partial charge in [0, 0.05) is 12.1 Å². The summed E-state index contributed by atoms with van der Waals surface area (Å²) in [6.45, 7) is 5.51. The molecule has 0 saturated carbocycles. The highest BCUT2D eigenvalue weighted by Crippen LogP contribution is 2.25. The molecule has 7 heteroatoms. The highest BCUT2D eigenvalue weighted by Gasteiger charge is 2.23. The van der Waals surface area contributed by atoms with Crippen LogP contribution in [-0.4, -0.2) is 24.1 Å². The molecule has 0 heterocycles. The minimum atomic E-state index is -0.756. The lowest BCUT2D eigenvalue weighted by Gasteiger charge is -2.26. The van der Waals surface area contributed by atoms with Crippen LogP contribution in [0.3, 0.4) is 0 Å². The summed E-state index contributed by atoms with van der Waals surface area (Å²) in [5.74, 6) is -0.508. The minimum Gasteiger partial charge on any atom is -0.479 e. The average Bonchev–Trinajstić information content (AvgIpc) is 2.32. The smallest absolute Gasteiger partial charge is 0.261 e. The van der Waals surface area contributed by atoms with Gasteiger partial charge in [-0.1, -0.05) is 11.6 Å². The molecule has 20 heavy (non-hydrogen) atoms. The largest absolute Gasteiger partial charge is 0.479 e. The fraction of sp³-hybridized carbons (Fsp3) is 0.462. The van der Waals surface area contributed by atoms with Crippen LogP contribution in [0.1, 0.15) is 20.8 Å². The van der Waals surface area contributed by atoms with E-state index in [0.29, 0.717) is 6.54 Å². The maximum absolute atomic E-state index is 12.9. The Morgan fingerprint density at radius 3 is 2.65 bits per heavy atom. The van der Waals surface area contributed by atoms with Crippen molar-refractivity contribution in [2.24, 2.45) is 5.73 Å². The second kappa shape index (κ2) is 7.67. The van der Waals surface area contributed by atoms with Gasteiger partial charge < -0.3 is 15.8 Å². The Morgan fingerprint density at radius 2 is 2.15 bits per heavy atom. The molecule has 0 aliphatic rings. The van der Waals surface area contributed by atoms with Crippen molar-refractivity contribution in [1.29, 1.82) is 0 Å². The van der Waals surface area contributed by atoms with E-state index in [2.05, 4.69) is 5.32 Å². The predicted molar refractivity (Wildman–Crippen MR) is 80.0 cm³/mol. The van der Waals surface area contributed by atoms with Gasteiger partial charge >= 0.3 is 0 Å². The van der Waals surface area contributed by atoms with Gasteiger partial charge in [-0.15, -0.1) is 12.4 Å². The Balaban J connectivity index is 0.00000361. The van der Waals surface area contributed by atoms with E-state index in [-0.39, 0.29) is 29.1 Å². The molecule has 0 aliphatic heterocycles. The van der Waals surface area contributed by atoms with Crippen LogP contribution in [0.5, 0.6) is 5.75 Å². The quantitative estimate of drug-likeness (QED) is 0.874. The standard InChI is InChI=1S/C13H18ClFN2O2.ClH/c1-8(12(18)17-13(2,3)7-16)19-11-5-4-9(15)6-10(11)14;/h4-6,8H,7,16H2,1-3H3,(H,17,18);1H. The minimum absolute atomic E-state index is 0. The molecule has 1 unspecified atom stereocenters. The fourth-order valence-electron chi connectivity index (χ4n) is 1.30. The van der Waals surface area contributed by atoms with Gasteiger partial charge in [0.05, 0.1) is 5.02 Å². The summed E-state index contributed by atoms with van der Waals surface area (Å²) < 4.78 is 18.3. The van der Waals surface area contributed by atoms with Gasteiger partial charge in [-0.3, -0.25) is 4.79 Å². The molecule has 0 aliphatic carbocycles. The van der Waals surface area contributed by atoms with Gasteiger partial charge in [0.25, 0.3) is 5.91 Å². The number of halogens is 3. The number of nitrogens with one attached hydrogen (secondary N) is 1. The van der Waals surface area contributed by atoms with E-state index in [4.69, 9.17) is 22.1 Å². The van der Waals surface area contributed by atoms with Crippen molar-refractivity contribution in [2.75, 3.05) is 6.54 Å². The van der Waals surface area contributed by atoms with Crippen molar-refractivity contribution >= 4 is 29.9 Å². The zero-order chi connectivity index (χ0) is 14.6. The molecule has 114 valence electrons. The Bertz CT molecular complexity index is 470. The Hall–Kier alpha value is -1.04. The Labute approximate surface area is 129 Å². The normalized spacial score (nSPS) is 12.3. The molecule has 4 nitrogen and oxygen atoms in total. The third-order valence-electron chi connectivity index (χ3n) is 2.54. The first kappa shape index (κ1) is 19.0. The molecule has 1 atom stereocenters. The van der Waals surface area contributed by atoms with Crippen LogP contribution in [0.2, 0.25) is 5.02 Å². The zero-order valence-corrected chi connectivity index (χ0v) is 13.1. The molecular formula is C13H19Cl2FN2O2. The first-order valence-corrected chi connectivity index (χ1v) is 6.27. The molecule has 0 spiro atoms. The van der Waals surface area contributed by atoms with Crippen LogP contribution in [-0.2, 0) is 4.79 Å². The van der Waals surface area contributed by atoms with E-state index >= 15 is 0 Å². The molecule has 1 rings (SSSR count). The number of amides is 1. The van der Waals surface area contributed by atoms with Gasteiger partial charge in [-0.05, 0) is 39.0 Å². The van der Waals surface area contributed by atoms with Crippen molar-refractivity contribution in [3.05, 3.63) is 29.0 Å². The highest BCUT2D eigenvalue weighted by atomic mass is 35.5. The van der Waals surface area contributed by atoms with E-state index < -0.39 is 17.5 Å². The molecule has 3 N–H and O–H groups in total. The van der Waals surface area contributed by atoms with Crippen molar-refractivity contribution in [2.45, 2.75) is 32.4 Å². The van der Waals surface area contributed by atoms with E-state index in [9.17, 15) is 9.18 Å². The maximum Gasteiger partial charge on any atom is 0.261 e. The number of benzene rings is 1. The maximum atomic E-state index is 12.9. The molecule has 1 aromatic rings. The van der Waals surface area contributed by atoms with Gasteiger partial charge in [-0.2, -0.15) is 0 Å². The molecule has 0 bridgehead atoms. The van der Waals surface area contributed by atoms with Crippen LogP contribution in [0.4, 0.5) is 4.39 Å². The molecule has 0 saturated heterocycles. The number of nitrogens with two attached hydrogens (primary N) is 1. The lowest BCUT2D eigenvalue weighted by Crippen LogP contribution is -2.52. The lowest BCUT2D eigenvalue weighted by molar-refractivity contribution is -0.128. The van der Waals surface area contributed by atoms with Crippen LogP contribution in [0.15, 0.2) is 18.2 Å². The molecule has 0 fully saturated rings. The molecule has 0 radical (unpaired) electrons. The fourth-order valence-corrected chi connectivity index (χ4v) is 1.51. The summed E-state index contributed by atoms with van der Waals surface area (Å²) in [6.07, 6.45) is -0.756. The van der Waals surface area contributed by atoms with Crippen LogP contribution in [0.25, 0.3) is 0 Å². The number of hydrogen-bond donors (Lipinski definition) is 2. The molecule has 1 amide bonds. The SMILES string of the molecule is CC(Oc1ccc(F)cc1Cl)C(=O)NC(C)(C)CN.Cl. The number of hydrogen-bond acceptors (Lipinski definition) is 3. The summed E-state index contributed by atoms with van der Waals surface area (Å²) in [4.78, 5) is 11.9. The Morgan fingerprint density at radius 1 is 1.55 bits per heavy atom. The summed E-state index contributed by atoms with van der Waals surface area (Å²) in [6, 6.07) is 3.73. The molecule has 0 aromatic heterocycles. The summed E-state index contributed by atoms with van der Waals surface area (Å²) >= 11 is 5.82. The summed E-state index contributed by atoms with van der Waals surface area (Å²) in [7, 11) is 0. The van der Waals surface area contributed by atoms with Gasteiger partial charge in [0.15, 0.2) is 6.10 Å². The van der Waals surface area contributed by atoms with Crippen molar-refractivity contribution in [1.82, 2.24) is 5.32 Å². The summed E-state index contributed by atoms with van der Waals surface area (Å²) in [5, 5.41) is 2.87. The van der Waals surface area contributed by atoms with E-state index in [1.54, 1.807) is 6.92 Å². The van der Waals surface area contributed by atoms with Crippen molar-refractivity contribution < 1.29 is 13.9 Å². The number of rotatable bonds is 5. The van der Waals surface area contributed by atoms with E-state index in [1.807, 2.05) is 13.8 Å². The van der Waals surface area contributed by atoms with Gasteiger partial charge in [0.2, 0.25) is 0 Å². The average molecular weight is 325 g/mol. The molecular weight excluding hydrogens is 306 g/mol. The summed E-state index contributed by atoms with van der Waals surface area (Å²) in [5.41, 5.74) is 5.02. The van der Waals surface area contributed by atoms with Crippen LogP contribution >= 0.6 is 24.0 Å². The monoisotopic (exact) mass is 324 g/mol. The van der Waals surface area contributed by atoms with Crippen molar-refractivity contribution in [3.8, 4) is 5.75 Å². The van der Waals surface area contributed by atoms with Crippen LogP contribution < -0.4 is 15.8 Å². The lowest BCUT2D eigenvalue weighted by atomic mass is 10.1. The van der Waals surface area contributed by atoms with Gasteiger partial charge in [-0.25, -0.2) is 4.39 Å². The predicted octanol–water partition coefficient (Wildman–Crippen LogP) is 2.52. The Kier molecular flexibility index (Phi) is 7.27. The number of ether oxygens (including phenoxy) is 1. The number of carbonyl (C=O) groups excluding carboxylic acids is 1. The third kappa shape index (κ3) is 5.53. The van der Waals surface area contributed by atoms with Crippen LogP contribution in [0, 0.1) is 5.82 Å². The topological polar surface area (TPSA) is 64.3 Å². The zero-order valence-electron chi connectivity index (χ0n) is 11.6. The number of carbonyl (C=O) groups is 1. The first-order chi connectivity index (χ1) is 8.75. The van der Waals surface area contributed by atoms with Gasteiger partial charge in [0.1, 0.15) is 11.6 Å². The molecule has 1 aromatic carbocycles. The second-order valence-electron chi connectivity index (χ2n) is 4.91. The first-order valence-electron chi connectivity index (χ1n) is 5.89. The third-order valence-corrected chi connectivity index (χ3v) is 2.83.